The van der Waals surface area contributed by atoms with E-state index in [0.29, 0.717) is 10.6 Å². The zero-order chi connectivity index (χ0) is 24.1. The second kappa shape index (κ2) is 8.82. The van der Waals surface area contributed by atoms with Crippen LogP contribution >= 0.6 is 39.1 Å². The number of halogens is 3. The third kappa shape index (κ3) is 3.82. The summed E-state index contributed by atoms with van der Waals surface area (Å²) >= 11 is 15.7. The van der Waals surface area contributed by atoms with E-state index in [2.05, 4.69) is 21.4 Å². The summed E-state index contributed by atoms with van der Waals surface area (Å²) in [6.07, 6.45) is 0. The highest BCUT2D eigenvalue weighted by Crippen LogP contribution is 2.44. The van der Waals surface area contributed by atoms with E-state index in [-0.39, 0.29) is 10.7 Å². The van der Waals surface area contributed by atoms with Gasteiger partial charge in [0.2, 0.25) is 5.91 Å². The molecule has 0 saturated carbocycles. The summed E-state index contributed by atoms with van der Waals surface area (Å²) in [6.45, 7) is 1.96. The van der Waals surface area contributed by atoms with E-state index in [0.717, 1.165) is 20.5 Å². The predicted molar refractivity (Wildman–Crippen MR) is 134 cm³/mol. The molecule has 0 radical (unpaired) electrons. The molecular formula is C25H18BrCl2N3O3. The molecule has 2 saturated heterocycles. The number of carbonyl (C=O) groups is 3. The molecule has 3 unspecified atom stereocenters. The van der Waals surface area contributed by atoms with Gasteiger partial charge in [-0.25, -0.2) is 10.3 Å². The molecule has 2 aliphatic rings. The third-order valence-corrected chi connectivity index (χ3v) is 7.14. The van der Waals surface area contributed by atoms with Crippen LogP contribution in [0.25, 0.3) is 0 Å². The van der Waals surface area contributed by atoms with Crippen molar-refractivity contribution >= 4 is 62.5 Å². The number of hydrazine groups is 1. The monoisotopic (exact) mass is 557 g/mol. The molecular weight excluding hydrogens is 541 g/mol. The molecule has 3 aromatic carbocycles. The average molecular weight is 559 g/mol. The van der Waals surface area contributed by atoms with Crippen LogP contribution in [-0.4, -0.2) is 28.8 Å². The van der Waals surface area contributed by atoms with E-state index in [1.54, 1.807) is 30.3 Å². The van der Waals surface area contributed by atoms with E-state index < -0.39 is 35.7 Å². The number of hydrogen-bond donors (Lipinski definition) is 1. The number of fused-ring (bicyclic) bond motifs is 1. The number of nitrogens with zero attached hydrogens (tertiary/aromatic N) is 2. The van der Waals surface area contributed by atoms with Gasteiger partial charge in [-0.15, -0.1) is 0 Å². The lowest BCUT2D eigenvalue weighted by Crippen LogP contribution is -2.48. The summed E-state index contributed by atoms with van der Waals surface area (Å²) in [4.78, 5) is 41.9. The molecule has 2 heterocycles. The smallest absolute Gasteiger partial charge is 0.268 e. The summed E-state index contributed by atoms with van der Waals surface area (Å²) in [5, 5.41) is 1.85. The Balaban J connectivity index is 1.60. The number of aryl methyl sites for hydroxylation is 1. The fourth-order valence-electron chi connectivity index (χ4n) is 4.49. The van der Waals surface area contributed by atoms with E-state index in [1.165, 1.54) is 17.1 Å². The molecule has 3 atom stereocenters. The largest absolute Gasteiger partial charge is 0.274 e. The van der Waals surface area contributed by atoms with Gasteiger partial charge in [0.15, 0.2) is 0 Å². The Labute approximate surface area is 214 Å². The topological polar surface area (TPSA) is 69.7 Å². The van der Waals surface area contributed by atoms with Gasteiger partial charge in [0.05, 0.1) is 22.7 Å². The summed E-state index contributed by atoms with van der Waals surface area (Å²) in [6, 6.07) is 17.5. The molecule has 3 amide bonds. The fourth-order valence-corrected chi connectivity index (χ4v) is 5.38. The van der Waals surface area contributed by atoms with Crippen LogP contribution in [0.1, 0.15) is 27.5 Å². The maximum Gasteiger partial charge on any atom is 0.268 e. The molecule has 0 aromatic heterocycles. The molecule has 6 nitrogen and oxygen atoms in total. The van der Waals surface area contributed by atoms with E-state index in [9.17, 15) is 14.4 Å². The minimum atomic E-state index is -1.03. The molecule has 2 fully saturated rings. The third-order valence-electron chi connectivity index (χ3n) is 6.11. The Bertz CT molecular complexity index is 1330. The van der Waals surface area contributed by atoms with Crippen molar-refractivity contribution in [2.75, 3.05) is 4.90 Å². The lowest BCUT2D eigenvalue weighted by atomic mass is 9.90. The molecule has 2 aliphatic heterocycles. The standard InChI is InChI=1S/C25H18BrCl2N3O3/c1-13-5-7-14(8-6-13)21-20-22(31(29-21)23(32)15-3-2-4-16(26)11-15)25(34)30(24(20)33)19-10-9-17(27)12-18(19)28/h2-12,20-22,29H,1H3. The highest BCUT2D eigenvalue weighted by Gasteiger charge is 2.60. The minimum absolute atomic E-state index is 0.180. The first-order valence-corrected chi connectivity index (χ1v) is 12.1. The molecule has 172 valence electrons. The summed E-state index contributed by atoms with van der Waals surface area (Å²) in [5.74, 6) is -2.18. The Morgan fingerprint density at radius 2 is 1.71 bits per heavy atom. The highest BCUT2D eigenvalue weighted by molar-refractivity contribution is 9.10. The van der Waals surface area contributed by atoms with Crippen molar-refractivity contribution in [1.82, 2.24) is 10.4 Å². The van der Waals surface area contributed by atoms with Crippen molar-refractivity contribution in [3.63, 3.8) is 0 Å². The number of amides is 3. The van der Waals surface area contributed by atoms with Crippen LogP contribution in [0.3, 0.4) is 0 Å². The van der Waals surface area contributed by atoms with Gasteiger partial charge in [-0.3, -0.25) is 19.4 Å². The van der Waals surface area contributed by atoms with Gasteiger partial charge >= 0.3 is 0 Å². The summed E-state index contributed by atoms with van der Waals surface area (Å²) < 4.78 is 0.729. The second-order valence-corrected chi connectivity index (χ2v) is 10.0. The molecule has 34 heavy (non-hydrogen) atoms. The van der Waals surface area contributed by atoms with Crippen molar-refractivity contribution in [2.24, 2.45) is 5.92 Å². The number of carbonyl (C=O) groups excluding carboxylic acids is 3. The number of hydrogen-bond acceptors (Lipinski definition) is 4. The van der Waals surface area contributed by atoms with Crippen LogP contribution < -0.4 is 10.3 Å². The second-order valence-electron chi connectivity index (χ2n) is 8.28. The fraction of sp³-hybridized carbons (Fsp3) is 0.160. The maximum atomic E-state index is 13.7. The molecule has 5 rings (SSSR count). The van der Waals surface area contributed by atoms with Crippen molar-refractivity contribution in [2.45, 2.75) is 19.0 Å². The first-order chi connectivity index (χ1) is 16.3. The number of imide groups is 1. The van der Waals surface area contributed by atoms with Gasteiger partial charge in [0.1, 0.15) is 6.04 Å². The van der Waals surface area contributed by atoms with Crippen molar-refractivity contribution in [3.05, 3.63) is 97.9 Å². The van der Waals surface area contributed by atoms with Gasteiger partial charge in [0, 0.05) is 15.1 Å². The van der Waals surface area contributed by atoms with Crippen LogP contribution in [0.5, 0.6) is 0 Å². The zero-order valence-corrected chi connectivity index (χ0v) is 20.9. The van der Waals surface area contributed by atoms with Gasteiger partial charge in [-0.05, 0) is 48.9 Å². The Morgan fingerprint density at radius 3 is 2.38 bits per heavy atom. The normalized spacial score (nSPS) is 21.8. The van der Waals surface area contributed by atoms with Crippen LogP contribution in [0.2, 0.25) is 10.0 Å². The van der Waals surface area contributed by atoms with Crippen LogP contribution in [0, 0.1) is 12.8 Å². The average Bonchev–Trinajstić information content (AvgIpc) is 3.31. The van der Waals surface area contributed by atoms with Gasteiger partial charge in [-0.1, -0.05) is 75.0 Å². The molecule has 3 aromatic rings. The van der Waals surface area contributed by atoms with E-state index in [1.807, 2.05) is 31.2 Å². The van der Waals surface area contributed by atoms with Crippen molar-refractivity contribution in [3.8, 4) is 0 Å². The molecule has 9 heteroatoms. The first-order valence-electron chi connectivity index (χ1n) is 10.5. The SMILES string of the molecule is Cc1ccc(C2NN(C(=O)c3cccc(Br)c3)C3C(=O)N(c4ccc(Cl)cc4Cl)C(=O)C23)cc1. The number of rotatable bonds is 3. The molecule has 0 bridgehead atoms. The van der Waals surface area contributed by atoms with E-state index in [4.69, 9.17) is 23.2 Å². The molecule has 0 aliphatic carbocycles. The summed E-state index contributed by atoms with van der Waals surface area (Å²) in [7, 11) is 0. The van der Waals surface area contributed by atoms with Gasteiger partial charge < -0.3 is 0 Å². The number of anilines is 1. The van der Waals surface area contributed by atoms with Crippen molar-refractivity contribution < 1.29 is 14.4 Å². The first kappa shape index (κ1) is 23.1. The Hall–Kier alpha value is -2.71. The van der Waals surface area contributed by atoms with Crippen LogP contribution in [0.4, 0.5) is 5.69 Å². The Kier molecular flexibility index (Phi) is 5.98. The van der Waals surface area contributed by atoms with Crippen LogP contribution in [0.15, 0.2) is 71.2 Å². The number of nitrogens with one attached hydrogen (secondary N) is 1. The van der Waals surface area contributed by atoms with Crippen LogP contribution in [-0.2, 0) is 9.59 Å². The predicted octanol–water partition coefficient (Wildman–Crippen LogP) is 5.32. The lowest BCUT2D eigenvalue weighted by molar-refractivity contribution is -0.123. The van der Waals surface area contributed by atoms with Gasteiger partial charge in [0.25, 0.3) is 11.8 Å². The zero-order valence-electron chi connectivity index (χ0n) is 17.8. The highest BCUT2D eigenvalue weighted by atomic mass is 79.9. The summed E-state index contributed by atoms with van der Waals surface area (Å²) in [5.41, 5.74) is 5.64. The van der Waals surface area contributed by atoms with Crippen molar-refractivity contribution in [1.29, 1.82) is 0 Å². The lowest BCUT2D eigenvalue weighted by Gasteiger charge is -2.25. The van der Waals surface area contributed by atoms with Gasteiger partial charge in [-0.2, -0.15) is 0 Å². The number of benzene rings is 3. The maximum absolute atomic E-state index is 13.7. The molecule has 0 spiro atoms. The molecule has 1 N–H and O–H groups in total. The van der Waals surface area contributed by atoms with E-state index >= 15 is 0 Å². The Morgan fingerprint density at radius 1 is 0.971 bits per heavy atom. The minimum Gasteiger partial charge on any atom is -0.274 e. The quantitative estimate of drug-likeness (QED) is 0.441.